The minimum absolute atomic E-state index is 0.345. The smallest absolute Gasteiger partial charge is 0.251 e. The minimum Gasteiger partial charge on any atom is -0.366 e. The zero-order valence-corrected chi connectivity index (χ0v) is 18.9. The lowest BCUT2D eigenvalue weighted by Gasteiger charge is -2.13. The van der Waals surface area contributed by atoms with Gasteiger partial charge in [0, 0.05) is 32.8 Å². The summed E-state index contributed by atoms with van der Waals surface area (Å²) in [4.78, 5) is 13.8. The van der Waals surface area contributed by atoms with Crippen molar-refractivity contribution in [2.75, 3.05) is 0 Å². The first-order valence-electron chi connectivity index (χ1n) is 9.83. The van der Waals surface area contributed by atoms with E-state index in [1.54, 1.807) is 11.3 Å². The van der Waals surface area contributed by atoms with E-state index >= 15 is 0 Å². The standard InChI is InChI=1S/C23H27BrN2OS/c1-3-4-5-8-20-22(17-9-11-18(24)12-10-17)21(23(25)27)16(2)26(20)14-13-19-7-6-15-28-19/h6-7,9-12,15H,3-5,8,13-14H2,1-2H3,(H2,25,27). The molecule has 2 N–H and O–H groups in total. The van der Waals surface area contributed by atoms with Crippen LogP contribution in [0.2, 0.25) is 0 Å². The third-order valence-corrected chi connectivity index (χ3v) is 6.65. The van der Waals surface area contributed by atoms with E-state index in [0.29, 0.717) is 5.56 Å². The van der Waals surface area contributed by atoms with Crippen molar-refractivity contribution in [1.82, 2.24) is 4.57 Å². The van der Waals surface area contributed by atoms with Crippen LogP contribution < -0.4 is 5.73 Å². The van der Waals surface area contributed by atoms with Gasteiger partial charge in [-0.15, -0.1) is 11.3 Å². The zero-order chi connectivity index (χ0) is 20.1. The molecule has 0 fully saturated rings. The Kier molecular flexibility index (Phi) is 7.13. The molecule has 28 heavy (non-hydrogen) atoms. The number of halogens is 1. The van der Waals surface area contributed by atoms with Gasteiger partial charge >= 0.3 is 0 Å². The fraction of sp³-hybridized carbons (Fsp3) is 0.348. The Hall–Kier alpha value is -1.85. The number of thiophene rings is 1. The van der Waals surface area contributed by atoms with Crippen molar-refractivity contribution in [3.8, 4) is 11.1 Å². The number of benzene rings is 1. The van der Waals surface area contributed by atoms with E-state index in [1.807, 2.05) is 19.1 Å². The van der Waals surface area contributed by atoms with Crippen LogP contribution in [0.25, 0.3) is 11.1 Å². The topological polar surface area (TPSA) is 48.0 Å². The number of carbonyl (C=O) groups is 1. The lowest BCUT2D eigenvalue weighted by Crippen LogP contribution is -2.13. The Balaban J connectivity index is 2.09. The lowest BCUT2D eigenvalue weighted by molar-refractivity contribution is 0.1000. The Morgan fingerprint density at radius 2 is 1.89 bits per heavy atom. The molecule has 3 rings (SSSR count). The van der Waals surface area contributed by atoms with Gasteiger partial charge in [0.05, 0.1) is 5.56 Å². The fourth-order valence-corrected chi connectivity index (χ4v) is 4.77. The maximum absolute atomic E-state index is 12.4. The number of rotatable bonds is 9. The average molecular weight is 459 g/mol. The first-order valence-corrected chi connectivity index (χ1v) is 11.5. The monoisotopic (exact) mass is 458 g/mol. The molecule has 0 aliphatic rings. The van der Waals surface area contributed by atoms with E-state index in [2.05, 4.69) is 57.1 Å². The van der Waals surface area contributed by atoms with Gasteiger partial charge in [-0.2, -0.15) is 0 Å². The third kappa shape index (κ3) is 4.58. The highest BCUT2D eigenvalue weighted by Crippen LogP contribution is 2.35. The van der Waals surface area contributed by atoms with Gasteiger partial charge in [-0.3, -0.25) is 4.79 Å². The predicted molar refractivity (Wildman–Crippen MR) is 122 cm³/mol. The molecule has 0 atom stereocenters. The molecule has 5 heteroatoms. The van der Waals surface area contributed by atoms with E-state index in [4.69, 9.17) is 5.73 Å². The second kappa shape index (κ2) is 9.57. The van der Waals surface area contributed by atoms with Crippen molar-refractivity contribution in [3.05, 3.63) is 68.1 Å². The maximum Gasteiger partial charge on any atom is 0.251 e. The molecule has 0 radical (unpaired) electrons. The summed E-state index contributed by atoms with van der Waals surface area (Å²) < 4.78 is 3.35. The molecule has 0 aliphatic carbocycles. The van der Waals surface area contributed by atoms with E-state index < -0.39 is 0 Å². The molecular weight excluding hydrogens is 432 g/mol. The molecular formula is C23H27BrN2OS. The number of amides is 1. The number of carbonyl (C=O) groups excluding carboxylic acids is 1. The van der Waals surface area contributed by atoms with Gasteiger partial charge in [0.25, 0.3) is 5.91 Å². The Labute approximate surface area is 179 Å². The Bertz CT molecular complexity index is 927. The van der Waals surface area contributed by atoms with E-state index in [0.717, 1.165) is 47.1 Å². The van der Waals surface area contributed by atoms with E-state index in [9.17, 15) is 4.79 Å². The number of nitrogens with two attached hydrogens (primary N) is 1. The zero-order valence-electron chi connectivity index (χ0n) is 16.5. The summed E-state index contributed by atoms with van der Waals surface area (Å²) in [6.45, 7) is 5.11. The highest BCUT2D eigenvalue weighted by molar-refractivity contribution is 9.10. The molecule has 1 aromatic carbocycles. The summed E-state index contributed by atoms with van der Waals surface area (Å²) in [7, 11) is 0. The normalized spacial score (nSPS) is 11.1. The van der Waals surface area contributed by atoms with Crippen molar-refractivity contribution < 1.29 is 4.79 Å². The molecule has 0 unspecified atom stereocenters. The number of hydrogen-bond acceptors (Lipinski definition) is 2. The van der Waals surface area contributed by atoms with Crippen molar-refractivity contribution in [3.63, 3.8) is 0 Å². The average Bonchev–Trinajstić information content (AvgIpc) is 3.27. The van der Waals surface area contributed by atoms with Gasteiger partial charge in [0.2, 0.25) is 0 Å². The largest absolute Gasteiger partial charge is 0.366 e. The van der Waals surface area contributed by atoms with Gasteiger partial charge < -0.3 is 10.3 Å². The van der Waals surface area contributed by atoms with Gasteiger partial charge in [0.15, 0.2) is 0 Å². The number of nitrogens with zero attached hydrogens (tertiary/aromatic N) is 1. The summed E-state index contributed by atoms with van der Waals surface area (Å²) in [5.74, 6) is -0.345. The summed E-state index contributed by atoms with van der Waals surface area (Å²) in [5.41, 5.74) is 10.8. The van der Waals surface area contributed by atoms with Gasteiger partial charge in [-0.25, -0.2) is 0 Å². The maximum atomic E-state index is 12.4. The van der Waals surface area contributed by atoms with E-state index in [1.165, 1.54) is 23.4 Å². The second-order valence-electron chi connectivity index (χ2n) is 7.09. The van der Waals surface area contributed by atoms with Crippen LogP contribution in [0.15, 0.2) is 46.3 Å². The molecule has 2 heterocycles. The Morgan fingerprint density at radius 3 is 2.50 bits per heavy atom. The van der Waals surface area contributed by atoms with Gasteiger partial charge in [-0.1, -0.05) is 53.9 Å². The van der Waals surface area contributed by atoms with Crippen LogP contribution in [0.5, 0.6) is 0 Å². The third-order valence-electron chi connectivity index (χ3n) is 5.19. The predicted octanol–water partition coefficient (Wildman–Crippen LogP) is 6.36. The van der Waals surface area contributed by atoms with Crippen LogP contribution in [0, 0.1) is 6.92 Å². The quantitative estimate of drug-likeness (QED) is 0.372. The number of aryl methyl sites for hydroxylation is 1. The molecule has 148 valence electrons. The molecule has 0 aliphatic heterocycles. The SMILES string of the molecule is CCCCCc1c(-c2ccc(Br)cc2)c(C(N)=O)c(C)n1CCc1cccs1. The van der Waals surface area contributed by atoms with Crippen LogP contribution in [0.4, 0.5) is 0 Å². The fourth-order valence-electron chi connectivity index (χ4n) is 3.81. The van der Waals surface area contributed by atoms with Crippen LogP contribution in [-0.4, -0.2) is 10.5 Å². The summed E-state index contributed by atoms with van der Waals surface area (Å²) in [6.07, 6.45) is 5.39. The molecule has 2 aromatic heterocycles. The van der Waals surface area contributed by atoms with Crippen molar-refractivity contribution in [2.45, 2.75) is 52.5 Å². The number of primary amides is 1. The number of hydrogen-bond donors (Lipinski definition) is 1. The molecule has 0 saturated carbocycles. The molecule has 3 aromatic rings. The molecule has 0 saturated heterocycles. The first kappa shape index (κ1) is 20.9. The second-order valence-corrected chi connectivity index (χ2v) is 9.04. The lowest BCUT2D eigenvalue weighted by atomic mass is 9.97. The Morgan fingerprint density at radius 1 is 1.14 bits per heavy atom. The van der Waals surface area contributed by atoms with Gasteiger partial charge in [-0.05, 0) is 55.3 Å². The first-order chi connectivity index (χ1) is 13.5. The summed E-state index contributed by atoms with van der Waals surface area (Å²) in [5, 5.41) is 2.11. The van der Waals surface area contributed by atoms with Crippen LogP contribution in [0.3, 0.4) is 0 Å². The summed E-state index contributed by atoms with van der Waals surface area (Å²) in [6, 6.07) is 12.4. The van der Waals surface area contributed by atoms with Crippen LogP contribution >= 0.6 is 27.3 Å². The van der Waals surface area contributed by atoms with Crippen molar-refractivity contribution >= 4 is 33.2 Å². The molecule has 0 spiro atoms. The molecule has 0 bridgehead atoms. The van der Waals surface area contributed by atoms with Crippen molar-refractivity contribution in [2.24, 2.45) is 5.73 Å². The van der Waals surface area contributed by atoms with Gasteiger partial charge in [0.1, 0.15) is 0 Å². The summed E-state index contributed by atoms with van der Waals surface area (Å²) >= 11 is 5.29. The van der Waals surface area contributed by atoms with Crippen molar-refractivity contribution in [1.29, 1.82) is 0 Å². The highest BCUT2D eigenvalue weighted by atomic mass is 79.9. The minimum atomic E-state index is -0.345. The molecule has 1 amide bonds. The number of aromatic nitrogens is 1. The molecule has 3 nitrogen and oxygen atoms in total. The number of unbranched alkanes of at least 4 members (excludes halogenated alkanes) is 2. The highest BCUT2D eigenvalue weighted by Gasteiger charge is 2.24. The van der Waals surface area contributed by atoms with Crippen LogP contribution in [0.1, 0.15) is 52.8 Å². The van der Waals surface area contributed by atoms with E-state index in [-0.39, 0.29) is 5.91 Å². The van der Waals surface area contributed by atoms with Crippen LogP contribution in [-0.2, 0) is 19.4 Å².